The molecule has 0 fully saturated rings. The first-order valence-electron chi connectivity index (χ1n) is 7.12. The van der Waals surface area contributed by atoms with E-state index in [0.29, 0.717) is 5.75 Å². The van der Waals surface area contributed by atoms with Crippen LogP contribution in [-0.4, -0.2) is 13.1 Å². The molecule has 0 aliphatic rings. The molecule has 2 rings (SSSR count). The van der Waals surface area contributed by atoms with Gasteiger partial charge in [0.1, 0.15) is 11.5 Å². The van der Waals surface area contributed by atoms with Gasteiger partial charge in [-0.3, -0.25) is 4.79 Å². The number of ether oxygens (including phenoxy) is 2. The Morgan fingerprint density at radius 1 is 1.04 bits per heavy atom. The second-order valence-electron chi connectivity index (χ2n) is 5.68. The van der Waals surface area contributed by atoms with Gasteiger partial charge in [-0.1, -0.05) is 30.3 Å². The van der Waals surface area contributed by atoms with Gasteiger partial charge in [0.15, 0.2) is 0 Å². The Labute approximate surface area is 143 Å². The van der Waals surface area contributed by atoms with E-state index >= 15 is 0 Å². The number of rotatable bonds is 5. The number of carbonyl (C=O) groups excluding carboxylic acids is 1. The third-order valence-electron chi connectivity index (χ3n) is 3.69. The summed E-state index contributed by atoms with van der Waals surface area (Å²) in [5, 5.41) is 0. The fourth-order valence-electron chi connectivity index (χ4n) is 2.20. The molecule has 5 heteroatoms. The first-order chi connectivity index (χ1) is 10.4. The second kappa shape index (κ2) is 7.99. The van der Waals surface area contributed by atoms with Crippen LogP contribution >= 0.6 is 12.4 Å². The molecule has 2 N–H and O–H groups in total. The molecule has 2 aromatic rings. The molecule has 0 aliphatic carbocycles. The average molecular weight is 336 g/mol. The van der Waals surface area contributed by atoms with E-state index in [2.05, 4.69) is 0 Å². The zero-order valence-electron chi connectivity index (χ0n) is 13.5. The first-order valence-corrected chi connectivity index (χ1v) is 7.12. The van der Waals surface area contributed by atoms with Crippen molar-refractivity contribution in [3.05, 3.63) is 60.2 Å². The molecular weight excluding hydrogens is 314 g/mol. The summed E-state index contributed by atoms with van der Waals surface area (Å²) >= 11 is 0. The van der Waals surface area contributed by atoms with Crippen molar-refractivity contribution < 1.29 is 14.3 Å². The highest BCUT2D eigenvalue weighted by atomic mass is 35.5. The minimum absolute atomic E-state index is 0. The largest absolute Gasteiger partial charge is 0.469 e. The zero-order chi connectivity index (χ0) is 16.2. The highest BCUT2D eigenvalue weighted by Gasteiger charge is 2.36. The van der Waals surface area contributed by atoms with Crippen molar-refractivity contribution in [1.29, 1.82) is 0 Å². The second-order valence-corrected chi connectivity index (χ2v) is 5.68. The number of carbonyl (C=O) groups is 1. The predicted molar refractivity (Wildman–Crippen MR) is 92.9 cm³/mol. The highest BCUT2D eigenvalue weighted by molar-refractivity contribution is 5.85. The van der Waals surface area contributed by atoms with Crippen LogP contribution in [0.5, 0.6) is 11.5 Å². The van der Waals surface area contributed by atoms with Gasteiger partial charge in [-0.25, -0.2) is 0 Å². The van der Waals surface area contributed by atoms with Crippen molar-refractivity contribution in [3.8, 4) is 11.5 Å². The van der Waals surface area contributed by atoms with Gasteiger partial charge in [-0.05, 0) is 43.7 Å². The number of esters is 1. The molecule has 0 aromatic heterocycles. The number of benzene rings is 2. The first kappa shape index (κ1) is 19.0. The van der Waals surface area contributed by atoms with Crippen molar-refractivity contribution >= 4 is 18.4 Å². The fourth-order valence-corrected chi connectivity index (χ4v) is 2.20. The molecule has 0 unspecified atom stereocenters. The molecule has 0 saturated carbocycles. The molecule has 2 aromatic carbocycles. The summed E-state index contributed by atoms with van der Waals surface area (Å²) in [5.74, 6) is 1.09. The molecule has 23 heavy (non-hydrogen) atoms. The van der Waals surface area contributed by atoms with Gasteiger partial charge in [0, 0.05) is 6.04 Å². The summed E-state index contributed by atoms with van der Waals surface area (Å²) in [5.41, 5.74) is 6.26. The number of hydrogen-bond donors (Lipinski definition) is 1. The quantitative estimate of drug-likeness (QED) is 0.836. The summed E-state index contributed by atoms with van der Waals surface area (Å²) in [6.07, 6.45) is 0. The van der Waals surface area contributed by atoms with Crippen LogP contribution < -0.4 is 10.5 Å². The van der Waals surface area contributed by atoms with Gasteiger partial charge >= 0.3 is 5.97 Å². The van der Waals surface area contributed by atoms with Crippen LogP contribution in [0.2, 0.25) is 0 Å². The maximum Gasteiger partial charge on any atom is 0.313 e. The minimum Gasteiger partial charge on any atom is -0.469 e. The number of para-hydroxylation sites is 1. The van der Waals surface area contributed by atoms with E-state index in [-0.39, 0.29) is 18.4 Å². The lowest BCUT2D eigenvalue weighted by atomic mass is 9.81. The third-order valence-corrected chi connectivity index (χ3v) is 3.69. The Bertz CT molecular complexity index is 644. The molecule has 1 atom stereocenters. The maximum absolute atomic E-state index is 11.9. The molecule has 0 saturated heterocycles. The number of nitrogens with two attached hydrogens (primary N) is 1. The fraction of sp³-hybridized carbons (Fsp3) is 0.278. The summed E-state index contributed by atoms with van der Waals surface area (Å²) in [7, 11) is 1.37. The van der Waals surface area contributed by atoms with Crippen LogP contribution in [0.1, 0.15) is 25.5 Å². The molecule has 4 nitrogen and oxygen atoms in total. The number of methoxy groups -OCH3 is 1. The van der Waals surface area contributed by atoms with E-state index in [4.69, 9.17) is 15.2 Å². The van der Waals surface area contributed by atoms with E-state index in [1.54, 1.807) is 13.8 Å². The number of halogens is 1. The zero-order valence-corrected chi connectivity index (χ0v) is 14.3. The van der Waals surface area contributed by atoms with Gasteiger partial charge in [-0.2, -0.15) is 0 Å². The molecule has 0 bridgehead atoms. The Morgan fingerprint density at radius 3 is 2.26 bits per heavy atom. The van der Waals surface area contributed by atoms with Crippen molar-refractivity contribution in [1.82, 2.24) is 0 Å². The van der Waals surface area contributed by atoms with E-state index in [0.717, 1.165) is 11.3 Å². The lowest BCUT2D eigenvalue weighted by Crippen LogP contribution is -2.37. The van der Waals surface area contributed by atoms with Crippen molar-refractivity contribution in [2.75, 3.05) is 7.11 Å². The summed E-state index contributed by atoms with van der Waals surface area (Å²) in [6.45, 7) is 3.54. The van der Waals surface area contributed by atoms with Crippen LogP contribution in [0, 0.1) is 5.41 Å². The summed E-state index contributed by atoms with van der Waals surface area (Å²) < 4.78 is 10.6. The summed E-state index contributed by atoms with van der Waals surface area (Å²) in [4.78, 5) is 11.9. The predicted octanol–water partition coefficient (Wildman–Crippen LogP) is 4.10. The van der Waals surface area contributed by atoms with E-state index < -0.39 is 11.5 Å². The molecule has 0 amide bonds. The highest BCUT2D eigenvalue weighted by Crippen LogP contribution is 2.34. The Hall–Kier alpha value is -2.04. The Morgan fingerprint density at radius 2 is 1.65 bits per heavy atom. The Kier molecular flexibility index (Phi) is 6.61. The smallest absolute Gasteiger partial charge is 0.313 e. The van der Waals surface area contributed by atoms with E-state index in [1.807, 2.05) is 54.6 Å². The molecule has 0 heterocycles. The lowest BCUT2D eigenvalue weighted by Gasteiger charge is -2.29. The van der Waals surface area contributed by atoms with Crippen LogP contribution in [0.15, 0.2) is 54.6 Å². The van der Waals surface area contributed by atoms with Crippen LogP contribution in [-0.2, 0) is 9.53 Å². The Balaban J connectivity index is 0.00000264. The van der Waals surface area contributed by atoms with Crippen molar-refractivity contribution in [2.24, 2.45) is 11.1 Å². The molecule has 0 spiro atoms. The van der Waals surface area contributed by atoms with Crippen LogP contribution in [0.25, 0.3) is 0 Å². The monoisotopic (exact) mass is 335 g/mol. The lowest BCUT2D eigenvalue weighted by molar-refractivity contribution is -0.152. The van der Waals surface area contributed by atoms with E-state index in [1.165, 1.54) is 7.11 Å². The van der Waals surface area contributed by atoms with Gasteiger partial charge < -0.3 is 15.2 Å². The summed E-state index contributed by atoms with van der Waals surface area (Å²) in [6, 6.07) is 16.5. The van der Waals surface area contributed by atoms with Gasteiger partial charge in [0.2, 0.25) is 0 Å². The van der Waals surface area contributed by atoms with Gasteiger partial charge in [0.25, 0.3) is 0 Å². The van der Waals surface area contributed by atoms with Crippen LogP contribution in [0.3, 0.4) is 0 Å². The van der Waals surface area contributed by atoms with Gasteiger partial charge in [0.05, 0.1) is 12.5 Å². The standard InChI is InChI=1S/C18H21NO3.ClH/c1-18(2,17(20)21-3)16(19)13-8-7-11-15(12-13)22-14-9-5-4-6-10-14;/h4-12,16H,19H2,1-3H3;1H/t16-;/m1./s1. The topological polar surface area (TPSA) is 61.5 Å². The maximum atomic E-state index is 11.9. The van der Waals surface area contributed by atoms with Gasteiger partial charge in [-0.15, -0.1) is 12.4 Å². The van der Waals surface area contributed by atoms with Crippen LogP contribution in [0.4, 0.5) is 0 Å². The normalized spacial score (nSPS) is 12.0. The van der Waals surface area contributed by atoms with Crippen molar-refractivity contribution in [3.63, 3.8) is 0 Å². The molecular formula is C18H22ClNO3. The SMILES string of the molecule is COC(=O)C(C)(C)[C@H](N)c1cccc(Oc2ccccc2)c1.Cl. The minimum atomic E-state index is -0.819. The molecule has 0 radical (unpaired) electrons. The number of hydrogen-bond acceptors (Lipinski definition) is 4. The molecule has 0 aliphatic heterocycles. The van der Waals surface area contributed by atoms with E-state index in [9.17, 15) is 4.79 Å². The average Bonchev–Trinajstić information content (AvgIpc) is 2.54. The molecule has 124 valence electrons. The van der Waals surface area contributed by atoms with Crippen molar-refractivity contribution in [2.45, 2.75) is 19.9 Å². The third kappa shape index (κ3) is 4.47.